The Labute approximate surface area is 342 Å². The van der Waals surface area contributed by atoms with Crippen LogP contribution in [0.25, 0.3) is 98.5 Å². The Morgan fingerprint density at radius 1 is 0.386 bits per heavy atom. The summed E-state index contributed by atoms with van der Waals surface area (Å²) in [6, 6.07) is 41.9. The molecule has 12 heteroatoms. The van der Waals surface area contributed by atoms with E-state index in [-0.39, 0.29) is 0 Å². The Morgan fingerprint density at radius 3 is 1.70 bits per heavy atom. The zero-order chi connectivity index (χ0) is 39.1. The summed E-state index contributed by atoms with van der Waals surface area (Å²) in [7, 11) is 16.0. The van der Waals surface area contributed by atoms with Crippen molar-refractivity contribution in [3.05, 3.63) is 121 Å². The molecule has 0 unspecified atom stereocenters. The number of para-hydroxylation sites is 1. The number of fused-ring (bicyclic) bond motifs is 6. The second-order valence-corrected chi connectivity index (χ2v) is 16.4. The van der Waals surface area contributed by atoms with E-state index in [0.717, 1.165) is 49.8 Å². The van der Waals surface area contributed by atoms with Gasteiger partial charge in [-0.25, -0.2) is 15.0 Å². The molecule has 57 heavy (non-hydrogen) atoms. The number of benzene rings is 7. The molecule has 0 saturated heterocycles. The van der Waals surface area contributed by atoms with Crippen molar-refractivity contribution in [3.63, 3.8) is 0 Å². The van der Waals surface area contributed by atoms with E-state index in [1.54, 1.807) is 0 Å². The van der Waals surface area contributed by atoms with Crippen LogP contribution in [0.5, 0.6) is 0 Å². The quantitative estimate of drug-likeness (QED) is 0.239. The molecule has 0 aliphatic rings. The van der Waals surface area contributed by atoms with Crippen molar-refractivity contribution >= 4 is 147 Å². The minimum atomic E-state index is 0.607. The summed E-state index contributed by atoms with van der Waals surface area (Å²) in [5, 5.41) is 4.86. The van der Waals surface area contributed by atoms with Gasteiger partial charge in [-0.1, -0.05) is 130 Å². The first-order chi connectivity index (χ1) is 27.7. The molecule has 0 aliphatic carbocycles. The SMILES string of the molecule is Bc1c(B)c(B)c2c(sc3c(B)c(-c4cccc(-c5nc(-c6ccc(-c7ccccc7)cc6)nc(-c6cccc7oc8ccccc8c67)n5)c4)c(B)c(B)c32)c1B. The highest BCUT2D eigenvalue weighted by molar-refractivity contribution is 7.28. The molecule has 10 rings (SSSR count). The Bertz CT molecular complexity index is 3270. The van der Waals surface area contributed by atoms with Crippen LogP contribution in [0.2, 0.25) is 0 Å². The lowest BCUT2D eigenvalue weighted by Crippen LogP contribution is -2.47. The molecule has 10 aromatic rings. The number of hydrogen-bond acceptors (Lipinski definition) is 5. The molecule has 0 aliphatic heterocycles. The van der Waals surface area contributed by atoms with Crippen molar-refractivity contribution in [2.24, 2.45) is 0 Å². The fourth-order valence-corrected chi connectivity index (χ4v) is 10.2. The molecule has 4 nitrogen and oxygen atoms in total. The van der Waals surface area contributed by atoms with Gasteiger partial charge in [0.25, 0.3) is 0 Å². The molecule has 3 aromatic heterocycles. The maximum Gasteiger partial charge on any atom is 0.164 e. The van der Waals surface area contributed by atoms with E-state index in [9.17, 15) is 0 Å². The third-order valence-electron chi connectivity index (χ3n) is 12.3. The number of aromatic nitrogens is 3. The van der Waals surface area contributed by atoms with Crippen molar-refractivity contribution < 1.29 is 4.42 Å². The molecular formula is C45H34B7N3OS. The monoisotopic (exact) mass is 741 g/mol. The topological polar surface area (TPSA) is 51.8 Å². The number of nitrogens with zero attached hydrogens (tertiary/aromatic N) is 3. The van der Waals surface area contributed by atoms with Crippen molar-refractivity contribution in [3.8, 4) is 56.4 Å². The highest BCUT2D eigenvalue weighted by atomic mass is 32.1. The summed E-state index contributed by atoms with van der Waals surface area (Å²) >= 11 is 1.94. The molecule has 0 atom stereocenters. The van der Waals surface area contributed by atoms with Gasteiger partial charge in [-0.05, 0) is 51.2 Å². The van der Waals surface area contributed by atoms with Crippen LogP contribution >= 0.6 is 11.3 Å². The van der Waals surface area contributed by atoms with Crippen LogP contribution in [-0.2, 0) is 0 Å². The maximum absolute atomic E-state index is 6.30. The first-order valence-corrected chi connectivity index (χ1v) is 20.3. The van der Waals surface area contributed by atoms with Gasteiger partial charge >= 0.3 is 0 Å². The van der Waals surface area contributed by atoms with Gasteiger partial charge in [0.05, 0.1) is 0 Å². The predicted octanol–water partition coefficient (Wildman–Crippen LogP) is 0.283. The van der Waals surface area contributed by atoms with Gasteiger partial charge in [-0.3, -0.25) is 0 Å². The second-order valence-electron chi connectivity index (χ2n) is 15.4. The fraction of sp³-hybridized carbons (Fsp3) is 0. The van der Waals surface area contributed by atoms with E-state index >= 15 is 0 Å². The Hall–Kier alpha value is -5.98. The molecule has 7 aromatic carbocycles. The first kappa shape index (κ1) is 35.4. The summed E-state index contributed by atoms with van der Waals surface area (Å²) in [5.74, 6) is 1.85. The average molecular weight is 741 g/mol. The second kappa shape index (κ2) is 13.6. The molecular weight excluding hydrogens is 706 g/mol. The molecule has 0 N–H and O–H groups in total. The van der Waals surface area contributed by atoms with E-state index < -0.39 is 0 Å². The van der Waals surface area contributed by atoms with Gasteiger partial charge in [-0.15, -0.1) is 22.3 Å². The summed E-state index contributed by atoms with van der Waals surface area (Å²) in [6.07, 6.45) is 0. The zero-order valence-electron chi connectivity index (χ0n) is 33.2. The van der Waals surface area contributed by atoms with Crippen LogP contribution in [0.4, 0.5) is 0 Å². The van der Waals surface area contributed by atoms with Gasteiger partial charge in [-0.2, -0.15) is 0 Å². The van der Waals surface area contributed by atoms with Crippen molar-refractivity contribution in [2.45, 2.75) is 0 Å². The molecule has 0 bridgehead atoms. The van der Waals surface area contributed by atoms with E-state index in [2.05, 4.69) is 140 Å². The van der Waals surface area contributed by atoms with Gasteiger partial charge in [0.2, 0.25) is 0 Å². The van der Waals surface area contributed by atoms with E-state index in [1.807, 2.05) is 47.7 Å². The lowest BCUT2D eigenvalue weighted by atomic mass is 9.64. The minimum Gasteiger partial charge on any atom is -0.456 e. The van der Waals surface area contributed by atoms with Gasteiger partial charge in [0.1, 0.15) is 66.1 Å². The highest BCUT2D eigenvalue weighted by Gasteiger charge is 2.22. The Morgan fingerprint density at radius 2 is 0.930 bits per heavy atom. The third-order valence-corrected chi connectivity index (χ3v) is 13.7. The van der Waals surface area contributed by atoms with Gasteiger partial charge in [0.15, 0.2) is 17.5 Å². The summed E-state index contributed by atoms with van der Waals surface area (Å²) in [4.78, 5) is 15.6. The van der Waals surface area contributed by atoms with E-state index in [1.165, 1.54) is 69.5 Å². The van der Waals surface area contributed by atoms with Gasteiger partial charge in [0, 0.05) is 36.9 Å². The number of thiophene rings is 1. The normalized spacial score (nSPS) is 11.6. The van der Waals surface area contributed by atoms with Crippen LogP contribution in [0.3, 0.4) is 0 Å². The van der Waals surface area contributed by atoms with Crippen LogP contribution in [0.1, 0.15) is 0 Å². The van der Waals surface area contributed by atoms with Gasteiger partial charge < -0.3 is 4.42 Å². The molecule has 0 radical (unpaired) electrons. The Kier molecular flexibility index (Phi) is 8.46. The molecule has 0 saturated carbocycles. The smallest absolute Gasteiger partial charge is 0.164 e. The predicted molar refractivity (Wildman–Crippen MR) is 264 cm³/mol. The van der Waals surface area contributed by atoms with Crippen molar-refractivity contribution in [1.82, 2.24) is 15.0 Å². The molecule has 0 amide bonds. The summed E-state index contributed by atoms with van der Waals surface area (Å²) < 4.78 is 9.08. The van der Waals surface area contributed by atoms with E-state index in [0.29, 0.717) is 17.5 Å². The largest absolute Gasteiger partial charge is 0.456 e. The highest BCUT2D eigenvalue weighted by Crippen LogP contribution is 2.37. The van der Waals surface area contributed by atoms with Crippen LogP contribution in [0, 0.1) is 0 Å². The van der Waals surface area contributed by atoms with Crippen LogP contribution in [-0.4, -0.2) is 69.9 Å². The number of furan rings is 1. The third kappa shape index (κ3) is 5.64. The molecule has 262 valence electrons. The summed E-state index contributed by atoms with van der Waals surface area (Å²) in [5.41, 5.74) is 18.7. The molecule has 0 spiro atoms. The Balaban J connectivity index is 1.17. The average Bonchev–Trinajstić information content (AvgIpc) is 3.85. The van der Waals surface area contributed by atoms with Crippen LogP contribution in [0.15, 0.2) is 126 Å². The standard InChI is InChI=1S/C45H34B7N3OS/c46-34-30(37(49)41-32(35(34)47)33-36(48)38(50)39(51)40(52)42(33)57-41)24-10-6-11-25(20-24)44-53-43(23-18-16-22(17-19-23)21-8-2-1-3-9-21)54-45(55-44)27-13-7-15-29-31(27)26-12-4-5-14-28(26)56-29/h1-20H,46-52H2. The first-order valence-electron chi connectivity index (χ1n) is 19.5. The zero-order valence-corrected chi connectivity index (χ0v) is 34.0. The minimum absolute atomic E-state index is 0.607. The van der Waals surface area contributed by atoms with Crippen molar-refractivity contribution in [1.29, 1.82) is 0 Å². The number of hydrogen-bond donors (Lipinski definition) is 0. The lowest BCUT2D eigenvalue weighted by Gasteiger charge is -2.18. The summed E-state index contributed by atoms with van der Waals surface area (Å²) in [6.45, 7) is 0. The maximum atomic E-state index is 6.30. The molecule has 3 heterocycles. The molecule has 0 fully saturated rings. The van der Waals surface area contributed by atoms with Crippen molar-refractivity contribution in [2.75, 3.05) is 0 Å². The van der Waals surface area contributed by atoms with Crippen LogP contribution < -0.4 is 38.2 Å². The lowest BCUT2D eigenvalue weighted by molar-refractivity contribution is 0.669. The number of rotatable bonds is 5. The fourth-order valence-electron chi connectivity index (χ4n) is 8.77. The van der Waals surface area contributed by atoms with E-state index in [4.69, 9.17) is 19.4 Å².